The number of hydrogen-bond donors (Lipinski definition) is 0. The lowest BCUT2D eigenvalue weighted by molar-refractivity contribution is 0.155. The molecule has 0 aliphatic heterocycles. The van der Waals surface area contributed by atoms with Crippen LogP contribution >= 0.6 is 0 Å². The molecule has 4 heteroatoms. The summed E-state index contributed by atoms with van der Waals surface area (Å²) in [5, 5.41) is 9.78. The fourth-order valence-corrected chi connectivity index (χ4v) is 1.87. The van der Waals surface area contributed by atoms with Crippen LogP contribution in [0.5, 0.6) is 0 Å². The Kier molecular flexibility index (Phi) is 2.84. The van der Waals surface area contributed by atoms with E-state index in [1.807, 2.05) is 13.0 Å². The number of nitriles is 1. The highest BCUT2D eigenvalue weighted by molar-refractivity contribution is 5.94. The van der Waals surface area contributed by atoms with Crippen LogP contribution in [-0.4, -0.2) is 17.3 Å². The molecule has 0 atom stereocenters. The maximum absolute atomic E-state index is 11.7. The van der Waals surface area contributed by atoms with Gasteiger partial charge < -0.3 is 4.74 Å². The summed E-state index contributed by atoms with van der Waals surface area (Å²) in [5.74, 6) is 0. The standard InChI is InChI=1S/C13H12N2O2/c1-3-17-13(16)15-7-6-11-10(8-14)5-4-9(2)12(11)15/h4-7H,3H2,1-2H3. The van der Waals surface area contributed by atoms with Crippen molar-refractivity contribution in [3.63, 3.8) is 0 Å². The zero-order chi connectivity index (χ0) is 12.4. The van der Waals surface area contributed by atoms with Crippen molar-refractivity contribution in [1.82, 2.24) is 4.57 Å². The van der Waals surface area contributed by atoms with Crippen LogP contribution in [0.3, 0.4) is 0 Å². The van der Waals surface area contributed by atoms with Gasteiger partial charge in [-0.15, -0.1) is 0 Å². The first-order valence-corrected chi connectivity index (χ1v) is 5.37. The van der Waals surface area contributed by atoms with Gasteiger partial charge >= 0.3 is 6.09 Å². The SMILES string of the molecule is CCOC(=O)n1ccc2c(C#N)ccc(C)c21. The highest BCUT2D eigenvalue weighted by atomic mass is 16.5. The molecule has 0 saturated heterocycles. The molecule has 0 N–H and O–H groups in total. The Hall–Kier alpha value is -2.28. The van der Waals surface area contributed by atoms with Crippen LogP contribution in [0, 0.1) is 18.3 Å². The average Bonchev–Trinajstić information content (AvgIpc) is 2.75. The molecule has 0 unspecified atom stereocenters. The van der Waals surface area contributed by atoms with Gasteiger partial charge in [0.05, 0.1) is 23.8 Å². The van der Waals surface area contributed by atoms with Gasteiger partial charge in [-0.25, -0.2) is 4.79 Å². The van der Waals surface area contributed by atoms with E-state index >= 15 is 0 Å². The smallest absolute Gasteiger partial charge is 0.418 e. The third-order valence-corrected chi connectivity index (χ3v) is 2.63. The topological polar surface area (TPSA) is 55.0 Å². The number of rotatable bonds is 1. The van der Waals surface area contributed by atoms with Crippen LogP contribution in [0.2, 0.25) is 0 Å². The van der Waals surface area contributed by atoms with E-state index in [0.717, 1.165) is 16.5 Å². The van der Waals surface area contributed by atoms with Crippen LogP contribution in [0.1, 0.15) is 18.1 Å². The van der Waals surface area contributed by atoms with Crippen molar-refractivity contribution >= 4 is 17.0 Å². The summed E-state index contributed by atoms with van der Waals surface area (Å²) < 4.78 is 6.40. The van der Waals surface area contributed by atoms with Gasteiger partial charge in [0.15, 0.2) is 0 Å². The Bertz CT molecular complexity index is 620. The van der Waals surface area contributed by atoms with Crippen molar-refractivity contribution in [2.24, 2.45) is 0 Å². The predicted molar refractivity (Wildman–Crippen MR) is 63.8 cm³/mol. The number of aryl methyl sites for hydroxylation is 1. The van der Waals surface area contributed by atoms with Gasteiger partial charge in [-0.2, -0.15) is 5.26 Å². The number of hydrogen-bond acceptors (Lipinski definition) is 3. The minimum absolute atomic E-state index is 0.329. The second-order valence-corrected chi connectivity index (χ2v) is 3.69. The fourth-order valence-electron chi connectivity index (χ4n) is 1.87. The lowest BCUT2D eigenvalue weighted by Gasteiger charge is -2.06. The van der Waals surface area contributed by atoms with Crippen molar-refractivity contribution < 1.29 is 9.53 Å². The summed E-state index contributed by atoms with van der Waals surface area (Å²) >= 11 is 0. The lowest BCUT2D eigenvalue weighted by atomic mass is 10.1. The Morgan fingerprint density at radius 1 is 1.47 bits per heavy atom. The summed E-state index contributed by atoms with van der Waals surface area (Å²) in [6.07, 6.45) is 1.22. The molecule has 1 aromatic heterocycles. The summed E-state index contributed by atoms with van der Waals surface area (Å²) in [4.78, 5) is 11.7. The van der Waals surface area contributed by atoms with Crippen LogP contribution in [-0.2, 0) is 4.74 Å². The van der Waals surface area contributed by atoms with Gasteiger partial charge in [0.25, 0.3) is 0 Å². The van der Waals surface area contributed by atoms with E-state index in [1.165, 1.54) is 4.57 Å². The molecule has 0 bridgehead atoms. The predicted octanol–water partition coefficient (Wildman–Crippen LogP) is 2.83. The second kappa shape index (κ2) is 4.30. The molecule has 17 heavy (non-hydrogen) atoms. The van der Waals surface area contributed by atoms with Gasteiger partial charge in [-0.05, 0) is 31.5 Å². The molecule has 0 aliphatic rings. The normalized spacial score (nSPS) is 10.2. The summed E-state index contributed by atoms with van der Waals surface area (Å²) in [6.45, 7) is 3.99. The molecule has 0 amide bonds. The maximum Gasteiger partial charge on any atom is 0.418 e. The summed E-state index contributed by atoms with van der Waals surface area (Å²) in [7, 11) is 0. The zero-order valence-electron chi connectivity index (χ0n) is 9.73. The Morgan fingerprint density at radius 2 is 2.24 bits per heavy atom. The molecule has 1 aromatic carbocycles. The first kappa shape index (κ1) is 11.2. The number of benzene rings is 1. The molecule has 4 nitrogen and oxygen atoms in total. The van der Waals surface area contributed by atoms with Gasteiger partial charge in [-0.1, -0.05) is 6.07 Å². The molecule has 0 aliphatic carbocycles. The van der Waals surface area contributed by atoms with Crippen molar-refractivity contribution in [3.8, 4) is 6.07 Å². The van der Waals surface area contributed by atoms with Gasteiger partial charge in [0.1, 0.15) is 0 Å². The molecule has 0 fully saturated rings. The molecule has 86 valence electrons. The molecule has 0 spiro atoms. The number of aromatic nitrogens is 1. The number of fused-ring (bicyclic) bond motifs is 1. The first-order valence-electron chi connectivity index (χ1n) is 5.37. The lowest BCUT2D eigenvalue weighted by Crippen LogP contribution is -2.12. The Labute approximate surface area is 99.0 Å². The zero-order valence-corrected chi connectivity index (χ0v) is 9.73. The highest BCUT2D eigenvalue weighted by Crippen LogP contribution is 2.23. The van der Waals surface area contributed by atoms with E-state index in [1.54, 1.807) is 25.3 Å². The van der Waals surface area contributed by atoms with Crippen LogP contribution in [0.25, 0.3) is 10.9 Å². The average molecular weight is 228 g/mol. The number of nitrogens with zero attached hydrogens (tertiary/aromatic N) is 2. The second-order valence-electron chi connectivity index (χ2n) is 3.69. The third kappa shape index (κ3) is 1.76. The first-order chi connectivity index (χ1) is 8.19. The molecule has 2 rings (SSSR count). The van der Waals surface area contributed by atoms with Crippen molar-refractivity contribution in [2.75, 3.05) is 6.61 Å². The maximum atomic E-state index is 11.7. The highest BCUT2D eigenvalue weighted by Gasteiger charge is 2.13. The van der Waals surface area contributed by atoms with Crippen molar-refractivity contribution in [3.05, 3.63) is 35.5 Å². The van der Waals surface area contributed by atoms with E-state index in [-0.39, 0.29) is 0 Å². The summed E-state index contributed by atoms with van der Waals surface area (Å²) in [6, 6.07) is 7.46. The minimum Gasteiger partial charge on any atom is -0.449 e. The fraction of sp³-hybridized carbons (Fsp3) is 0.231. The van der Waals surface area contributed by atoms with E-state index < -0.39 is 6.09 Å². The van der Waals surface area contributed by atoms with E-state index in [4.69, 9.17) is 10.00 Å². The Morgan fingerprint density at radius 3 is 2.88 bits per heavy atom. The largest absolute Gasteiger partial charge is 0.449 e. The molecule has 0 radical (unpaired) electrons. The summed E-state index contributed by atoms with van der Waals surface area (Å²) in [5.41, 5.74) is 2.24. The minimum atomic E-state index is -0.416. The monoisotopic (exact) mass is 228 g/mol. The van der Waals surface area contributed by atoms with Gasteiger partial charge in [0.2, 0.25) is 0 Å². The van der Waals surface area contributed by atoms with Gasteiger partial charge in [0, 0.05) is 11.6 Å². The molecule has 2 aromatic rings. The van der Waals surface area contributed by atoms with Crippen LogP contribution in [0.4, 0.5) is 4.79 Å². The molecule has 0 saturated carbocycles. The molecule has 1 heterocycles. The van der Waals surface area contributed by atoms with E-state index in [9.17, 15) is 4.79 Å². The van der Waals surface area contributed by atoms with Crippen molar-refractivity contribution in [2.45, 2.75) is 13.8 Å². The third-order valence-electron chi connectivity index (χ3n) is 2.63. The quantitative estimate of drug-likeness (QED) is 0.754. The van der Waals surface area contributed by atoms with Crippen LogP contribution < -0.4 is 0 Å². The Balaban J connectivity index is 2.68. The molecular weight excluding hydrogens is 216 g/mol. The number of carbonyl (C=O) groups excluding carboxylic acids is 1. The number of ether oxygens (including phenoxy) is 1. The van der Waals surface area contributed by atoms with E-state index in [2.05, 4.69) is 6.07 Å². The van der Waals surface area contributed by atoms with Gasteiger partial charge in [-0.3, -0.25) is 4.57 Å². The van der Waals surface area contributed by atoms with E-state index in [0.29, 0.717) is 12.2 Å². The molecular formula is C13H12N2O2. The van der Waals surface area contributed by atoms with Crippen molar-refractivity contribution in [1.29, 1.82) is 5.26 Å². The number of carbonyl (C=O) groups is 1. The van der Waals surface area contributed by atoms with Crippen LogP contribution in [0.15, 0.2) is 24.4 Å².